The van der Waals surface area contributed by atoms with Gasteiger partial charge in [-0.1, -0.05) is 53.5 Å². The van der Waals surface area contributed by atoms with E-state index in [1.54, 1.807) is 4.90 Å². The highest BCUT2D eigenvalue weighted by molar-refractivity contribution is 6.60. The molecule has 1 fully saturated rings. The first kappa shape index (κ1) is 13.7. The maximum Gasteiger partial charge on any atom is 0.262 e. The van der Waals surface area contributed by atoms with E-state index in [0.717, 1.165) is 12.1 Å². The fourth-order valence-corrected chi connectivity index (χ4v) is 2.82. The van der Waals surface area contributed by atoms with E-state index in [0.29, 0.717) is 6.54 Å². The van der Waals surface area contributed by atoms with Crippen molar-refractivity contribution in [2.45, 2.75) is 10.4 Å². The number of nitrogens with zero attached hydrogens (tertiary/aromatic N) is 2. The van der Waals surface area contributed by atoms with Crippen LogP contribution in [0, 0.1) is 0 Å². The molecule has 1 atom stereocenters. The van der Waals surface area contributed by atoms with Crippen LogP contribution < -0.4 is 0 Å². The molecular weight excluding hydrogens is 271 g/mol. The van der Waals surface area contributed by atoms with Crippen molar-refractivity contribution in [1.29, 1.82) is 0 Å². The first-order valence-corrected chi connectivity index (χ1v) is 6.58. The molecule has 1 heterocycles. The Labute approximate surface area is 117 Å². The summed E-state index contributed by atoms with van der Waals surface area (Å²) in [6.45, 7) is 1.42. The molecule has 1 aliphatic heterocycles. The Balaban J connectivity index is 2.17. The van der Waals surface area contributed by atoms with E-state index >= 15 is 0 Å². The second kappa shape index (κ2) is 5.08. The summed E-state index contributed by atoms with van der Waals surface area (Å²) in [6, 6.07) is 9.41. The minimum atomic E-state index is -1.33. The van der Waals surface area contributed by atoms with Gasteiger partial charge < -0.3 is 9.80 Å². The number of benzene rings is 1. The average molecular weight is 287 g/mol. The Bertz CT molecular complexity index is 434. The third-order valence-corrected chi connectivity index (χ3v) is 3.84. The van der Waals surface area contributed by atoms with Gasteiger partial charge in [-0.2, -0.15) is 0 Å². The summed E-state index contributed by atoms with van der Waals surface area (Å²) in [4.78, 5) is 15.7. The lowest BCUT2D eigenvalue weighted by molar-refractivity contribution is -0.148. The molecule has 1 aliphatic rings. The molecule has 0 N–H and O–H groups in total. The quantitative estimate of drug-likeness (QED) is 0.626. The van der Waals surface area contributed by atoms with Crippen LogP contribution in [0.5, 0.6) is 0 Å². The van der Waals surface area contributed by atoms with Crippen molar-refractivity contribution in [3.05, 3.63) is 35.9 Å². The van der Waals surface area contributed by atoms with Crippen LogP contribution >= 0.6 is 23.2 Å². The summed E-state index contributed by atoms with van der Waals surface area (Å²) in [6.07, 6.45) is 0. The minimum absolute atomic E-state index is 0.207. The number of hydrogen-bond acceptors (Lipinski definition) is 2. The van der Waals surface area contributed by atoms with E-state index in [1.165, 1.54) is 0 Å². The molecular formula is C13H16Cl2N2O. The van der Waals surface area contributed by atoms with Crippen molar-refractivity contribution in [1.82, 2.24) is 9.80 Å². The Morgan fingerprint density at radius 1 is 1.28 bits per heavy atom. The van der Waals surface area contributed by atoms with Crippen molar-refractivity contribution >= 4 is 29.1 Å². The van der Waals surface area contributed by atoms with Crippen molar-refractivity contribution < 1.29 is 4.79 Å². The van der Waals surface area contributed by atoms with E-state index in [4.69, 9.17) is 23.2 Å². The predicted molar refractivity (Wildman–Crippen MR) is 73.9 cm³/mol. The van der Waals surface area contributed by atoms with Crippen LogP contribution in [0.1, 0.15) is 11.6 Å². The average Bonchev–Trinajstić information content (AvgIpc) is 2.34. The molecule has 0 bridgehead atoms. The molecule has 1 amide bonds. The molecule has 98 valence electrons. The lowest BCUT2D eigenvalue weighted by Crippen LogP contribution is -2.63. The summed E-state index contributed by atoms with van der Waals surface area (Å²) in [5, 5.41) is 0. The SMILES string of the molecule is CN(C)CCN1C(=O)C(Cl)(Cl)C1c1ccccc1. The standard InChI is InChI=1S/C13H16Cl2N2O/c1-16(2)8-9-17-11(13(14,15)12(17)18)10-6-4-3-5-7-10/h3-7,11H,8-9H2,1-2H3. The maximum absolute atomic E-state index is 11.9. The van der Waals surface area contributed by atoms with Crippen molar-refractivity contribution in [3.8, 4) is 0 Å². The normalized spacial score (nSPS) is 22.2. The Hall–Kier alpha value is -0.770. The molecule has 0 saturated carbocycles. The van der Waals surface area contributed by atoms with Gasteiger partial charge in [-0.3, -0.25) is 4.79 Å². The van der Waals surface area contributed by atoms with E-state index in [2.05, 4.69) is 0 Å². The fraction of sp³-hybridized carbons (Fsp3) is 0.462. The molecule has 2 rings (SSSR count). The van der Waals surface area contributed by atoms with Crippen LogP contribution in [0.4, 0.5) is 0 Å². The monoisotopic (exact) mass is 286 g/mol. The Morgan fingerprint density at radius 2 is 1.89 bits per heavy atom. The van der Waals surface area contributed by atoms with E-state index < -0.39 is 4.33 Å². The number of β-lactam (4-membered cyclic amide) rings is 1. The number of halogens is 2. The highest BCUT2D eigenvalue weighted by Gasteiger charge is 2.59. The van der Waals surface area contributed by atoms with Gasteiger partial charge in [-0.05, 0) is 19.7 Å². The largest absolute Gasteiger partial charge is 0.328 e. The first-order valence-electron chi connectivity index (χ1n) is 5.83. The van der Waals surface area contributed by atoms with Gasteiger partial charge in [0, 0.05) is 13.1 Å². The first-order chi connectivity index (χ1) is 8.44. The number of likely N-dealkylation sites (tertiary alicyclic amines) is 1. The summed E-state index contributed by atoms with van der Waals surface area (Å²) in [7, 11) is 3.94. The zero-order valence-corrected chi connectivity index (χ0v) is 11.9. The molecule has 0 radical (unpaired) electrons. The van der Waals surface area contributed by atoms with Crippen LogP contribution in [0.3, 0.4) is 0 Å². The number of hydrogen-bond donors (Lipinski definition) is 0. The summed E-state index contributed by atoms with van der Waals surface area (Å²) < 4.78 is -1.33. The van der Waals surface area contributed by atoms with Gasteiger partial charge in [0.1, 0.15) is 0 Å². The van der Waals surface area contributed by atoms with E-state index in [1.807, 2.05) is 49.3 Å². The molecule has 1 unspecified atom stereocenters. The molecule has 0 aromatic heterocycles. The van der Waals surface area contributed by atoms with Gasteiger partial charge in [0.2, 0.25) is 4.33 Å². The van der Waals surface area contributed by atoms with Gasteiger partial charge in [0.05, 0.1) is 6.04 Å². The highest BCUT2D eigenvalue weighted by atomic mass is 35.5. The Kier molecular flexibility index (Phi) is 3.85. The van der Waals surface area contributed by atoms with Crippen LogP contribution in [-0.4, -0.2) is 47.2 Å². The second-order valence-electron chi connectivity index (χ2n) is 4.74. The van der Waals surface area contributed by atoms with Gasteiger partial charge in [-0.25, -0.2) is 0 Å². The van der Waals surface area contributed by atoms with Crippen LogP contribution in [0.25, 0.3) is 0 Å². The van der Waals surface area contributed by atoms with Gasteiger partial charge >= 0.3 is 0 Å². The molecule has 1 saturated heterocycles. The van der Waals surface area contributed by atoms with Gasteiger partial charge in [0.25, 0.3) is 5.91 Å². The van der Waals surface area contributed by atoms with Crippen LogP contribution in [-0.2, 0) is 4.79 Å². The van der Waals surface area contributed by atoms with Crippen molar-refractivity contribution in [2.75, 3.05) is 27.2 Å². The fourth-order valence-electron chi connectivity index (χ4n) is 2.12. The molecule has 0 aliphatic carbocycles. The van der Waals surface area contributed by atoms with Gasteiger partial charge in [-0.15, -0.1) is 0 Å². The highest BCUT2D eigenvalue weighted by Crippen LogP contribution is 2.50. The summed E-state index contributed by atoms with van der Waals surface area (Å²) in [5.41, 5.74) is 0.973. The number of carbonyl (C=O) groups excluding carboxylic acids is 1. The maximum atomic E-state index is 11.9. The minimum Gasteiger partial charge on any atom is -0.328 e. The van der Waals surface area contributed by atoms with E-state index in [9.17, 15) is 4.79 Å². The van der Waals surface area contributed by atoms with Crippen LogP contribution in [0.15, 0.2) is 30.3 Å². The number of rotatable bonds is 4. The number of alkyl halides is 2. The zero-order valence-electron chi connectivity index (χ0n) is 10.4. The summed E-state index contributed by atoms with van der Waals surface area (Å²) in [5.74, 6) is -0.207. The van der Waals surface area contributed by atoms with Crippen molar-refractivity contribution in [3.63, 3.8) is 0 Å². The molecule has 1 aromatic carbocycles. The smallest absolute Gasteiger partial charge is 0.262 e. The van der Waals surface area contributed by atoms with Gasteiger partial charge in [0.15, 0.2) is 0 Å². The Morgan fingerprint density at radius 3 is 2.44 bits per heavy atom. The summed E-state index contributed by atoms with van der Waals surface area (Å²) >= 11 is 12.3. The number of likely N-dealkylation sites (N-methyl/N-ethyl adjacent to an activating group) is 1. The lowest BCUT2D eigenvalue weighted by Gasteiger charge is -2.49. The third-order valence-electron chi connectivity index (χ3n) is 3.10. The molecule has 5 heteroatoms. The van der Waals surface area contributed by atoms with E-state index in [-0.39, 0.29) is 11.9 Å². The van der Waals surface area contributed by atoms with Crippen molar-refractivity contribution in [2.24, 2.45) is 0 Å². The zero-order chi connectivity index (χ0) is 13.3. The number of amides is 1. The van der Waals surface area contributed by atoms with Crippen LogP contribution in [0.2, 0.25) is 0 Å². The third kappa shape index (κ3) is 2.35. The topological polar surface area (TPSA) is 23.6 Å². The molecule has 1 aromatic rings. The molecule has 18 heavy (non-hydrogen) atoms. The number of carbonyl (C=O) groups is 1. The lowest BCUT2D eigenvalue weighted by atomic mass is 9.92. The second-order valence-corrected chi connectivity index (χ2v) is 6.12. The predicted octanol–water partition coefficient (Wildman–Crippen LogP) is 2.31. The molecule has 0 spiro atoms. The molecule has 3 nitrogen and oxygen atoms in total.